The number of aliphatic carboxylic acids is 1. The Bertz CT molecular complexity index is 550. The molecule has 0 amide bonds. The van der Waals surface area contributed by atoms with Gasteiger partial charge in [-0.05, 0) is 35.9 Å². The predicted molar refractivity (Wildman–Crippen MR) is 67.2 cm³/mol. The minimum absolute atomic E-state index is 0.174. The maximum atomic E-state index is 11.2. The summed E-state index contributed by atoms with van der Waals surface area (Å²) in [6, 6.07) is 10.2. The summed E-state index contributed by atoms with van der Waals surface area (Å²) in [5, 5.41) is 9.21. The first-order chi connectivity index (χ1) is 8.70. The second-order valence-electron chi connectivity index (χ2n) is 3.61. The van der Waals surface area contributed by atoms with Crippen LogP contribution in [0.25, 0.3) is 11.6 Å². The highest BCUT2D eigenvalue weighted by Gasteiger charge is 2.11. The van der Waals surface area contributed by atoms with E-state index in [0.717, 1.165) is 0 Å². The van der Waals surface area contributed by atoms with Gasteiger partial charge in [0, 0.05) is 0 Å². The number of hydrogen-bond acceptors (Lipinski definition) is 3. The number of benzene rings is 1. The van der Waals surface area contributed by atoms with Crippen LogP contribution in [0.4, 0.5) is 0 Å². The lowest BCUT2D eigenvalue weighted by Gasteiger charge is -2.04. The Balaban J connectivity index is 2.38. The molecule has 0 atom stereocenters. The quantitative estimate of drug-likeness (QED) is 0.840. The average Bonchev–Trinajstić information content (AvgIpc) is 2.89. The summed E-state index contributed by atoms with van der Waals surface area (Å²) in [5.74, 6) is 0.182. The zero-order valence-electron chi connectivity index (χ0n) is 9.79. The van der Waals surface area contributed by atoms with Gasteiger partial charge in [-0.25, -0.2) is 4.79 Å². The van der Waals surface area contributed by atoms with E-state index >= 15 is 0 Å². The van der Waals surface area contributed by atoms with Crippen LogP contribution in [-0.2, 0) is 4.79 Å². The second-order valence-corrected chi connectivity index (χ2v) is 3.61. The van der Waals surface area contributed by atoms with E-state index in [-0.39, 0.29) is 5.57 Å². The Morgan fingerprint density at radius 2 is 2.00 bits per heavy atom. The molecule has 0 fully saturated rings. The maximum absolute atomic E-state index is 11.2. The zero-order chi connectivity index (χ0) is 13.0. The molecule has 0 radical (unpaired) electrons. The van der Waals surface area contributed by atoms with Crippen LogP contribution in [-0.4, -0.2) is 18.2 Å². The van der Waals surface area contributed by atoms with Crippen molar-refractivity contribution in [1.82, 2.24) is 0 Å². The molecule has 18 heavy (non-hydrogen) atoms. The van der Waals surface area contributed by atoms with Gasteiger partial charge in [0.2, 0.25) is 0 Å². The van der Waals surface area contributed by atoms with Crippen LogP contribution >= 0.6 is 0 Å². The molecule has 1 N–H and O–H groups in total. The van der Waals surface area contributed by atoms with Crippen molar-refractivity contribution in [2.45, 2.75) is 0 Å². The summed E-state index contributed by atoms with van der Waals surface area (Å²) in [6.07, 6.45) is 2.99. The van der Waals surface area contributed by atoms with E-state index in [2.05, 4.69) is 0 Å². The molecule has 2 rings (SSSR count). The largest absolute Gasteiger partial charge is 0.497 e. The molecule has 1 heterocycles. The van der Waals surface area contributed by atoms with Gasteiger partial charge in [-0.2, -0.15) is 0 Å². The number of rotatable bonds is 4. The van der Waals surface area contributed by atoms with Crippen molar-refractivity contribution in [3.05, 3.63) is 54.0 Å². The molecule has 0 unspecified atom stereocenters. The lowest BCUT2D eigenvalue weighted by atomic mass is 10.1. The van der Waals surface area contributed by atoms with Gasteiger partial charge in [-0.1, -0.05) is 12.1 Å². The summed E-state index contributed by atoms with van der Waals surface area (Å²) in [4.78, 5) is 11.2. The molecule has 0 aliphatic carbocycles. The molecule has 1 aromatic heterocycles. The van der Waals surface area contributed by atoms with Crippen molar-refractivity contribution >= 4 is 17.6 Å². The lowest BCUT2D eigenvalue weighted by Crippen LogP contribution is -1.99. The molecule has 0 bridgehead atoms. The molecular formula is C14H12O4. The fourth-order valence-electron chi connectivity index (χ4n) is 1.55. The highest BCUT2D eigenvalue weighted by molar-refractivity contribution is 6.20. The van der Waals surface area contributed by atoms with Gasteiger partial charge < -0.3 is 14.3 Å². The SMILES string of the molecule is COc1ccc(/C(=C/c2ccco2)C(=O)O)cc1. The molecule has 1 aromatic carbocycles. The Labute approximate surface area is 104 Å². The molecule has 0 saturated heterocycles. The standard InChI is InChI=1S/C14H12O4/c1-17-11-6-4-10(5-7-11)13(14(15)16)9-12-3-2-8-18-12/h2-9H,1H3,(H,15,16)/b13-9-. The maximum Gasteiger partial charge on any atom is 0.336 e. The Hall–Kier alpha value is -2.49. The number of carboxylic acid groups (broad SMARTS) is 1. The van der Waals surface area contributed by atoms with E-state index in [1.807, 2.05) is 0 Å². The van der Waals surface area contributed by atoms with Crippen molar-refractivity contribution in [3.8, 4) is 5.75 Å². The van der Waals surface area contributed by atoms with Crippen LogP contribution in [0.2, 0.25) is 0 Å². The highest BCUT2D eigenvalue weighted by atomic mass is 16.5. The first-order valence-electron chi connectivity index (χ1n) is 5.33. The normalized spacial score (nSPS) is 11.3. The minimum Gasteiger partial charge on any atom is -0.497 e. The molecule has 92 valence electrons. The molecule has 2 aromatic rings. The summed E-state index contributed by atoms with van der Waals surface area (Å²) in [6.45, 7) is 0. The number of ether oxygens (including phenoxy) is 1. The van der Waals surface area contributed by atoms with Crippen LogP contribution in [0.3, 0.4) is 0 Å². The number of furan rings is 1. The molecule has 0 spiro atoms. The van der Waals surface area contributed by atoms with Crippen LogP contribution in [0.1, 0.15) is 11.3 Å². The molecule has 4 nitrogen and oxygen atoms in total. The second kappa shape index (κ2) is 5.23. The van der Waals surface area contributed by atoms with E-state index < -0.39 is 5.97 Å². The number of methoxy groups -OCH3 is 1. The third-order valence-corrected chi connectivity index (χ3v) is 2.46. The van der Waals surface area contributed by atoms with Crippen LogP contribution in [0.15, 0.2) is 47.1 Å². The number of carboxylic acids is 1. The average molecular weight is 244 g/mol. The van der Waals surface area contributed by atoms with Gasteiger partial charge in [0.1, 0.15) is 11.5 Å². The Kier molecular flexibility index (Phi) is 3.48. The van der Waals surface area contributed by atoms with Gasteiger partial charge in [-0.15, -0.1) is 0 Å². The van der Waals surface area contributed by atoms with Gasteiger partial charge >= 0.3 is 5.97 Å². The predicted octanol–water partition coefficient (Wildman–Crippen LogP) is 2.91. The van der Waals surface area contributed by atoms with Crippen molar-refractivity contribution in [2.75, 3.05) is 7.11 Å². The number of hydrogen-bond donors (Lipinski definition) is 1. The van der Waals surface area contributed by atoms with Crippen LogP contribution in [0, 0.1) is 0 Å². The fourth-order valence-corrected chi connectivity index (χ4v) is 1.55. The first-order valence-corrected chi connectivity index (χ1v) is 5.33. The van der Waals surface area contributed by atoms with E-state index in [0.29, 0.717) is 17.1 Å². The summed E-state index contributed by atoms with van der Waals surface area (Å²) in [7, 11) is 1.56. The first kappa shape index (κ1) is 12.0. The monoisotopic (exact) mass is 244 g/mol. The van der Waals surface area contributed by atoms with Crippen LogP contribution in [0.5, 0.6) is 5.75 Å². The molecule has 0 saturated carbocycles. The third kappa shape index (κ3) is 2.60. The Morgan fingerprint density at radius 1 is 1.28 bits per heavy atom. The summed E-state index contributed by atoms with van der Waals surface area (Å²) in [5.41, 5.74) is 0.771. The summed E-state index contributed by atoms with van der Waals surface area (Å²) < 4.78 is 10.1. The summed E-state index contributed by atoms with van der Waals surface area (Å²) >= 11 is 0. The van der Waals surface area contributed by atoms with Gasteiger partial charge in [0.05, 0.1) is 18.9 Å². The number of carbonyl (C=O) groups is 1. The van der Waals surface area contributed by atoms with Crippen molar-refractivity contribution < 1.29 is 19.1 Å². The van der Waals surface area contributed by atoms with Gasteiger partial charge in [0.15, 0.2) is 0 Å². The fraction of sp³-hybridized carbons (Fsp3) is 0.0714. The van der Waals surface area contributed by atoms with Crippen LogP contribution < -0.4 is 4.74 Å². The van der Waals surface area contributed by atoms with E-state index in [9.17, 15) is 9.90 Å². The van der Waals surface area contributed by atoms with Crippen molar-refractivity contribution in [1.29, 1.82) is 0 Å². The zero-order valence-corrected chi connectivity index (χ0v) is 9.79. The molecule has 0 aliphatic heterocycles. The Morgan fingerprint density at radius 3 is 2.50 bits per heavy atom. The smallest absolute Gasteiger partial charge is 0.336 e. The molecule has 0 aliphatic rings. The topological polar surface area (TPSA) is 59.7 Å². The van der Waals surface area contributed by atoms with E-state index in [4.69, 9.17) is 9.15 Å². The van der Waals surface area contributed by atoms with E-state index in [1.165, 1.54) is 12.3 Å². The third-order valence-electron chi connectivity index (χ3n) is 2.46. The van der Waals surface area contributed by atoms with Gasteiger partial charge in [0.25, 0.3) is 0 Å². The van der Waals surface area contributed by atoms with Crippen molar-refractivity contribution in [2.24, 2.45) is 0 Å². The molecular weight excluding hydrogens is 232 g/mol. The van der Waals surface area contributed by atoms with Crippen molar-refractivity contribution in [3.63, 3.8) is 0 Å². The molecule has 4 heteroatoms. The highest BCUT2D eigenvalue weighted by Crippen LogP contribution is 2.21. The van der Waals surface area contributed by atoms with E-state index in [1.54, 1.807) is 43.5 Å². The lowest BCUT2D eigenvalue weighted by molar-refractivity contribution is -0.130. The minimum atomic E-state index is -1.00. The van der Waals surface area contributed by atoms with Gasteiger partial charge in [-0.3, -0.25) is 0 Å².